The minimum atomic E-state index is -4.60. The van der Waals surface area contributed by atoms with Crippen molar-refractivity contribution >= 4 is 27.3 Å². The molecule has 4 rings (SSSR count). The van der Waals surface area contributed by atoms with Gasteiger partial charge in [-0.25, -0.2) is 17.2 Å². The molecular formula is C34H37ClF2N2O4S. The number of halogens is 3. The van der Waals surface area contributed by atoms with E-state index in [1.807, 2.05) is 24.3 Å². The summed E-state index contributed by atoms with van der Waals surface area (Å²) < 4.78 is 63.6. The van der Waals surface area contributed by atoms with E-state index in [0.717, 1.165) is 23.8 Å². The first-order valence-electron chi connectivity index (χ1n) is 14.3. The summed E-state index contributed by atoms with van der Waals surface area (Å²) in [7, 11) is -4.60. The van der Waals surface area contributed by atoms with Gasteiger partial charge in [0, 0.05) is 28.7 Å². The van der Waals surface area contributed by atoms with Crippen LogP contribution in [0.4, 0.5) is 8.78 Å². The summed E-state index contributed by atoms with van der Waals surface area (Å²) in [5.41, 5.74) is 2.35. The zero-order valence-corrected chi connectivity index (χ0v) is 26.7. The lowest BCUT2D eigenvalue weighted by Gasteiger charge is -2.34. The fourth-order valence-electron chi connectivity index (χ4n) is 4.85. The number of carbonyl (C=O) groups is 1. The topological polar surface area (TPSA) is 84.5 Å². The van der Waals surface area contributed by atoms with Gasteiger partial charge in [0.25, 0.3) is 10.9 Å². The first-order valence-corrected chi connectivity index (χ1v) is 16.2. The lowest BCUT2D eigenvalue weighted by atomic mass is 9.87. The van der Waals surface area contributed by atoms with Crippen molar-refractivity contribution in [3.8, 4) is 5.75 Å². The Morgan fingerprint density at radius 3 is 2.36 bits per heavy atom. The van der Waals surface area contributed by atoms with Crippen molar-refractivity contribution in [2.75, 3.05) is 13.2 Å². The van der Waals surface area contributed by atoms with Crippen molar-refractivity contribution in [2.24, 2.45) is 0 Å². The van der Waals surface area contributed by atoms with Crippen LogP contribution < -0.4 is 15.4 Å². The largest absolute Gasteiger partial charge is 0.493 e. The number of amides is 1. The molecule has 6 nitrogen and oxygen atoms in total. The normalized spacial score (nSPS) is 19.2. The molecule has 0 spiro atoms. The SMILES string of the molecule is CC(NC1C=C(F)C=CC1(F)S(=O)(=O)c1ccc(Cl)cc1)c1ccccc1OCCCNC(=O)c1ccc(C(C)(C)C)cc1. The Morgan fingerprint density at radius 2 is 1.70 bits per heavy atom. The molecule has 1 aliphatic rings. The van der Waals surface area contributed by atoms with Crippen LogP contribution in [0.3, 0.4) is 0 Å². The molecule has 0 aromatic heterocycles. The minimum absolute atomic E-state index is 0.000101. The van der Waals surface area contributed by atoms with Gasteiger partial charge in [-0.1, -0.05) is 62.7 Å². The average Bonchev–Trinajstić information content (AvgIpc) is 2.98. The van der Waals surface area contributed by atoms with E-state index in [4.69, 9.17) is 16.3 Å². The molecule has 44 heavy (non-hydrogen) atoms. The van der Waals surface area contributed by atoms with Crippen molar-refractivity contribution in [1.82, 2.24) is 10.6 Å². The molecule has 2 N–H and O–H groups in total. The lowest BCUT2D eigenvalue weighted by molar-refractivity contribution is 0.0951. The molecular weight excluding hydrogens is 606 g/mol. The predicted octanol–water partition coefficient (Wildman–Crippen LogP) is 7.42. The van der Waals surface area contributed by atoms with Gasteiger partial charge in [0.2, 0.25) is 9.84 Å². The van der Waals surface area contributed by atoms with E-state index in [1.165, 1.54) is 24.3 Å². The van der Waals surface area contributed by atoms with Crippen molar-refractivity contribution in [1.29, 1.82) is 0 Å². The van der Waals surface area contributed by atoms with E-state index in [-0.39, 0.29) is 22.8 Å². The molecule has 3 aromatic rings. The number of sulfone groups is 1. The second-order valence-electron chi connectivity index (χ2n) is 11.7. The van der Waals surface area contributed by atoms with Gasteiger partial charge in [0.1, 0.15) is 11.6 Å². The summed E-state index contributed by atoms with van der Waals surface area (Å²) in [6, 6.07) is 17.6. The number of alkyl halides is 1. The van der Waals surface area contributed by atoms with E-state index in [9.17, 15) is 17.6 Å². The van der Waals surface area contributed by atoms with Crippen molar-refractivity contribution in [3.63, 3.8) is 0 Å². The highest BCUT2D eigenvalue weighted by molar-refractivity contribution is 7.93. The highest BCUT2D eigenvalue weighted by Crippen LogP contribution is 2.38. The van der Waals surface area contributed by atoms with Gasteiger partial charge in [-0.15, -0.1) is 0 Å². The van der Waals surface area contributed by atoms with Crippen LogP contribution in [0.25, 0.3) is 0 Å². The lowest BCUT2D eigenvalue weighted by Crippen LogP contribution is -2.52. The minimum Gasteiger partial charge on any atom is -0.493 e. The van der Waals surface area contributed by atoms with E-state index in [2.05, 4.69) is 31.4 Å². The van der Waals surface area contributed by atoms with Gasteiger partial charge in [-0.3, -0.25) is 10.1 Å². The molecule has 3 atom stereocenters. The monoisotopic (exact) mass is 642 g/mol. The Bertz CT molecular complexity index is 1630. The maximum absolute atomic E-state index is 16.5. The number of benzene rings is 3. The van der Waals surface area contributed by atoms with Gasteiger partial charge < -0.3 is 10.1 Å². The molecule has 1 aliphatic carbocycles. The Morgan fingerprint density at radius 1 is 1.05 bits per heavy atom. The van der Waals surface area contributed by atoms with E-state index in [1.54, 1.807) is 31.2 Å². The average molecular weight is 643 g/mol. The third-order valence-corrected chi connectivity index (χ3v) is 9.81. The highest BCUT2D eigenvalue weighted by atomic mass is 35.5. The van der Waals surface area contributed by atoms with E-state index < -0.39 is 32.7 Å². The van der Waals surface area contributed by atoms with E-state index >= 15 is 4.39 Å². The molecule has 0 bridgehead atoms. The molecule has 0 heterocycles. The highest BCUT2D eigenvalue weighted by Gasteiger charge is 2.51. The molecule has 10 heteroatoms. The van der Waals surface area contributed by atoms with Gasteiger partial charge in [0.15, 0.2) is 0 Å². The number of hydrogen-bond acceptors (Lipinski definition) is 5. The second-order valence-corrected chi connectivity index (χ2v) is 14.3. The zero-order chi connectivity index (χ0) is 32.1. The molecule has 0 radical (unpaired) electrons. The maximum Gasteiger partial charge on any atom is 0.252 e. The van der Waals surface area contributed by atoms with Crippen molar-refractivity contribution in [3.05, 3.63) is 119 Å². The Kier molecular flexibility index (Phi) is 10.3. The van der Waals surface area contributed by atoms with Crippen LogP contribution in [0.5, 0.6) is 5.75 Å². The third kappa shape index (κ3) is 7.57. The summed E-state index contributed by atoms with van der Waals surface area (Å²) >= 11 is 5.89. The van der Waals surface area contributed by atoms with Crippen LogP contribution >= 0.6 is 11.6 Å². The molecule has 234 valence electrons. The van der Waals surface area contributed by atoms with Crippen LogP contribution in [-0.4, -0.2) is 38.5 Å². The maximum atomic E-state index is 16.5. The van der Waals surface area contributed by atoms with Gasteiger partial charge in [-0.05, 0) is 85.0 Å². The predicted molar refractivity (Wildman–Crippen MR) is 170 cm³/mol. The first-order chi connectivity index (χ1) is 20.7. The molecule has 3 aromatic carbocycles. The number of rotatable bonds is 11. The zero-order valence-electron chi connectivity index (χ0n) is 25.1. The Hall–Kier alpha value is -3.53. The van der Waals surface area contributed by atoms with Crippen LogP contribution in [0.2, 0.25) is 5.02 Å². The number of hydrogen-bond donors (Lipinski definition) is 2. The van der Waals surface area contributed by atoms with Crippen LogP contribution in [-0.2, 0) is 15.3 Å². The molecule has 0 fully saturated rings. The Balaban J connectivity index is 1.39. The van der Waals surface area contributed by atoms with E-state index in [0.29, 0.717) is 34.9 Å². The molecule has 3 unspecified atom stereocenters. The molecule has 0 saturated carbocycles. The first kappa shape index (κ1) is 33.4. The number of para-hydroxylation sites is 1. The van der Waals surface area contributed by atoms with Gasteiger partial charge >= 0.3 is 0 Å². The van der Waals surface area contributed by atoms with Crippen LogP contribution in [0.15, 0.2) is 102 Å². The molecule has 0 aliphatic heterocycles. The van der Waals surface area contributed by atoms with Crippen molar-refractivity contribution in [2.45, 2.75) is 61.5 Å². The summed E-state index contributed by atoms with van der Waals surface area (Å²) in [5.74, 6) is -0.433. The number of allylic oxidation sites excluding steroid dienone is 2. The molecule has 1 amide bonds. The quantitative estimate of drug-likeness (QED) is 0.213. The Labute approximate surface area is 263 Å². The second kappa shape index (κ2) is 13.6. The summed E-state index contributed by atoms with van der Waals surface area (Å²) in [6.45, 7) is 8.73. The fraction of sp³-hybridized carbons (Fsp3) is 0.324. The van der Waals surface area contributed by atoms with Crippen molar-refractivity contribution < 1.29 is 26.7 Å². The smallest absolute Gasteiger partial charge is 0.252 e. The third-order valence-electron chi connectivity index (χ3n) is 7.45. The van der Waals surface area contributed by atoms with Gasteiger partial charge in [0.05, 0.1) is 17.5 Å². The fourth-order valence-corrected chi connectivity index (χ4v) is 6.55. The van der Waals surface area contributed by atoms with Crippen LogP contribution in [0, 0.1) is 0 Å². The molecule has 0 saturated heterocycles. The number of nitrogens with one attached hydrogen (secondary N) is 2. The number of carbonyl (C=O) groups excluding carboxylic acids is 1. The summed E-state index contributed by atoms with van der Waals surface area (Å²) in [4.78, 5) is 12.3. The summed E-state index contributed by atoms with van der Waals surface area (Å²) in [6.07, 6.45) is 2.99. The summed E-state index contributed by atoms with van der Waals surface area (Å²) in [5, 5.41) is 3.17. The standard InChI is InChI=1S/C34H37ClF2N2O4S/c1-23(39-31-22-27(36)18-19-34(31,37)44(41,42)28-16-14-26(35)15-17-28)29-8-5-6-9-30(29)43-21-7-20-38-32(40)24-10-12-25(13-11-24)33(2,3)4/h5-6,8-19,22-23,31,39H,7,20-21H2,1-4H3,(H,38,40). The number of ether oxygens (including phenoxy) is 1. The van der Waals surface area contributed by atoms with Crippen LogP contribution in [0.1, 0.15) is 61.6 Å². The van der Waals surface area contributed by atoms with Gasteiger partial charge in [-0.2, -0.15) is 0 Å².